The number of amides is 2. The molecule has 154 valence electrons. The fourth-order valence-electron chi connectivity index (χ4n) is 3.84. The van der Waals surface area contributed by atoms with Gasteiger partial charge in [-0.1, -0.05) is 48.0 Å². The Balaban J connectivity index is 1.37. The van der Waals surface area contributed by atoms with Crippen LogP contribution in [0.1, 0.15) is 49.7 Å². The zero-order valence-electron chi connectivity index (χ0n) is 17.1. The number of rotatable bonds is 6. The standard InChI is InChI=1S/C24H26N4O2/c1-17-7-5-11-19(15-17)24(30)28-14-12-21-20(16-28)22(27-26-21)23(29)25-13-6-10-18-8-3-2-4-9-18/h2-5,7-9,11,15H,6,10,12-14,16H2,1H3,(H,25,29)(H,26,27). The maximum Gasteiger partial charge on any atom is 0.272 e. The quantitative estimate of drug-likeness (QED) is 0.621. The SMILES string of the molecule is Cc1cccc(C(=O)N2CCc3[nH]nc(C(=O)NCCCc4ccccc4)c3C2)c1. The molecule has 0 bridgehead atoms. The van der Waals surface area contributed by atoms with Gasteiger partial charge in [0.15, 0.2) is 5.69 Å². The highest BCUT2D eigenvalue weighted by molar-refractivity contribution is 5.96. The first-order valence-electron chi connectivity index (χ1n) is 10.4. The summed E-state index contributed by atoms with van der Waals surface area (Å²) >= 11 is 0. The molecule has 3 aromatic rings. The molecule has 0 saturated carbocycles. The minimum absolute atomic E-state index is 0.0141. The second kappa shape index (κ2) is 8.95. The summed E-state index contributed by atoms with van der Waals surface area (Å²) in [7, 11) is 0. The number of H-pyrrole nitrogens is 1. The number of aryl methyl sites for hydroxylation is 2. The summed E-state index contributed by atoms with van der Waals surface area (Å²) in [5.41, 5.74) is 5.15. The van der Waals surface area contributed by atoms with Crippen LogP contribution in [0.5, 0.6) is 0 Å². The molecule has 2 heterocycles. The lowest BCUT2D eigenvalue weighted by molar-refractivity contribution is 0.0731. The normalized spacial score (nSPS) is 13.0. The fourth-order valence-corrected chi connectivity index (χ4v) is 3.84. The molecule has 0 saturated heterocycles. The van der Waals surface area contributed by atoms with E-state index in [1.807, 2.05) is 49.4 Å². The molecule has 0 atom stereocenters. The van der Waals surface area contributed by atoms with Crippen LogP contribution < -0.4 is 5.32 Å². The third-order valence-electron chi connectivity index (χ3n) is 5.47. The van der Waals surface area contributed by atoms with Crippen molar-refractivity contribution in [3.05, 3.63) is 88.2 Å². The molecule has 0 aliphatic carbocycles. The first-order chi connectivity index (χ1) is 14.6. The molecule has 4 rings (SSSR count). The van der Waals surface area contributed by atoms with E-state index in [0.29, 0.717) is 37.3 Å². The van der Waals surface area contributed by atoms with E-state index in [4.69, 9.17) is 0 Å². The molecule has 6 nitrogen and oxygen atoms in total. The summed E-state index contributed by atoms with van der Waals surface area (Å²) in [6.45, 7) is 3.56. The Labute approximate surface area is 176 Å². The molecule has 2 N–H and O–H groups in total. The number of nitrogens with one attached hydrogen (secondary N) is 2. The van der Waals surface area contributed by atoms with E-state index in [0.717, 1.165) is 29.7 Å². The van der Waals surface area contributed by atoms with Crippen molar-refractivity contribution in [3.63, 3.8) is 0 Å². The van der Waals surface area contributed by atoms with Crippen LogP contribution in [0.2, 0.25) is 0 Å². The Kier molecular flexibility index (Phi) is 5.93. The highest BCUT2D eigenvalue weighted by Crippen LogP contribution is 2.22. The third kappa shape index (κ3) is 4.43. The van der Waals surface area contributed by atoms with Gasteiger partial charge in [-0.25, -0.2) is 0 Å². The number of carbonyl (C=O) groups is 2. The Hall–Kier alpha value is -3.41. The summed E-state index contributed by atoms with van der Waals surface area (Å²) in [4.78, 5) is 27.4. The summed E-state index contributed by atoms with van der Waals surface area (Å²) in [6, 6.07) is 17.8. The van der Waals surface area contributed by atoms with Crippen LogP contribution in [0.15, 0.2) is 54.6 Å². The van der Waals surface area contributed by atoms with Crippen molar-refractivity contribution in [2.75, 3.05) is 13.1 Å². The molecule has 2 aromatic carbocycles. The zero-order chi connectivity index (χ0) is 20.9. The van der Waals surface area contributed by atoms with Gasteiger partial charge in [-0.05, 0) is 37.5 Å². The number of aromatic nitrogens is 2. The largest absolute Gasteiger partial charge is 0.351 e. The number of hydrogen-bond donors (Lipinski definition) is 2. The van der Waals surface area contributed by atoms with Crippen LogP contribution >= 0.6 is 0 Å². The predicted molar refractivity (Wildman–Crippen MR) is 115 cm³/mol. The molecular formula is C24H26N4O2. The van der Waals surface area contributed by atoms with Gasteiger partial charge in [0.05, 0.1) is 6.54 Å². The molecular weight excluding hydrogens is 376 g/mol. The first-order valence-corrected chi connectivity index (χ1v) is 10.4. The monoisotopic (exact) mass is 402 g/mol. The third-order valence-corrected chi connectivity index (χ3v) is 5.47. The van der Waals surface area contributed by atoms with E-state index < -0.39 is 0 Å². The van der Waals surface area contributed by atoms with Gasteiger partial charge < -0.3 is 10.2 Å². The number of benzene rings is 2. The van der Waals surface area contributed by atoms with Crippen molar-refractivity contribution in [2.24, 2.45) is 0 Å². The van der Waals surface area contributed by atoms with Gasteiger partial charge in [0, 0.05) is 36.3 Å². The summed E-state index contributed by atoms with van der Waals surface area (Å²) < 4.78 is 0. The zero-order valence-corrected chi connectivity index (χ0v) is 17.1. The van der Waals surface area contributed by atoms with E-state index in [1.165, 1.54) is 5.56 Å². The van der Waals surface area contributed by atoms with E-state index in [2.05, 4.69) is 27.6 Å². The summed E-state index contributed by atoms with van der Waals surface area (Å²) in [5, 5.41) is 10.2. The van der Waals surface area contributed by atoms with Crippen molar-refractivity contribution in [1.82, 2.24) is 20.4 Å². The number of fused-ring (bicyclic) bond motifs is 1. The lowest BCUT2D eigenvalue weighted by Crippen LogP contribution is -2.37. The summed E-state index contributed by atoms with van der Waals surface area (Å²) in [6.07, 6.45) is 2.44. The number of nitrogens with zero attached hydrogens (tertiary/aromatic N) is 2. The molecule has 0 spiro atoms. The van der Waals surface area contributed by atoms with Crippen molar-refractivity contribution < 1.29 is 9.59 Å². The topological polar surface area (TPSA) is 78.1 Å². The molecule has 1 aliphatic rings. The molecule has 1 aromatic heterocycles. The van der Waals surface area contributed by atoms with E-state index in [9.17, 15) is 9.59 Å². The maximum atomic E-state index is 12.9. The molecule has 0 unspecified atom stereocenters. The maximum absolute atomic E-state index is 12.9. The number of carbonyl (C=O) groups excluding carboxylic acids is 2. The van der Waals surface area contributed by atoms with Crippen molar-refractivity contribution in [1.29, 1.82) is 0 Å². The number of hydrogen-bond acceptors (Lipinski definition) is 3. The van der Waals surface area contributed by atoms with E-state index in [1.54, 1.807) is 4.90 Å². The predicted octanol–water partition coefficient (Wildman–Crippen LogP) is 3.28. The van der Waals surface area contributed by atoms with E-state index in [-0.39, 0.29) is 11.8 Å². The average molecular weight is 402 g/mol. The van der Waals surface area contributed by atoms with Gasteiger partial charge in [-0.2, -0.15) is 5.10 Å². The smallest absolute Gasteiger partial charge is 0.272 e. The molecule has 0 fully saturated rings. The first kappa shape index (κ1) is 19.9. The van der Waals surface area contributed by atoms with Crippen LogP contribution in [0.25, 0.3) is 0 Å². The van der Waals surface area contributed by atoms with Crippen LogP contribution in [-0.2, 0) is 19.4 Å². The van der Waals surface area contributed by atoms with Gasteiger partial charge in [0.2, 0.25) is 0 Å². The molecule has 30 heavy (non-hydrogen) atoms. The minimum Gasteiger partial charge on any atom is -0.351 e. The van der Waals surface area contributed by atoms with Gasteiger partial charge in [0.25, 0.3) is 11.8 Å². The van der Waals surface area contributed by atoms with Crippen molar-refractivity contribution in [3.8, 4) is 0 Å². The number of aromatic amines is 1. The van der Waals surface area contributed by atoms with Crippen molar-refractivity contribution in [2.45, 2.75) is 32.7 Å². The fraction of sp³-hybridized carbons (Fsp3) is 0.292. The Morgan fingerprint density at radius 1 is 1.13 bits per heavy atom. The molecule has 6 heteroatoms. The Morgan fingerprint density at radius 2 is 1.97 bits per heavy atom. The van der Waals surface area contributed by atoms with E-state index >= 15 is 0 Å². The second-order valence-corrected chi connectivity index (χ2v) is 7.72. The van der Waals surface area contributed by atoms with Gasteiger partial charge in [-0.15, -0.1) is 0 Å². The Bertz CT molecular complexity index is 1040. The minimum atomic E-state index is -0.189. The second-order valence-electron chi connectivity index (χ2n) is 7.72. The van der Waals surface area contributed by atoms with Gasteiger partial charge in [0.1, 0.15) is 0 Å². The van der Waals surface area contributed by atoms with Gasteiger partial charge in [-0.3, -0.25) is 14.7 Å². The van der Waals surface area contributed by atoms with Crippen LogP contribution in [-0.4, -0.2) is 40.0 Å². The highest BCUT2D eigenvalue weighted by Gasteiger charge is 2.28. The Morgan fingerprint density at radius 3 is 2.77 bits per heavy atom. The lowest BCUT2D eigenvalue weighted by Gasteiger charge is -2.27. The van der Waals surface area contributed by atoms with Crippen LogP contribution in [0.3, 0.4) is 0 Å². The van der Waals surface area contributed by atoms with Crippen LogP contribution in [0, 0.1) is 6.92 Å². The molecule has 0 radical (unpaired) electrons. The average Bonchev–Trinajstić information content (AvgIpc) is 3.20. The summed E-state index contributed by atoms with van der Waals surface area (Å²) in [5.74, 6) is -0.204. The highest BCUT2D eigenvalue weighted by atomic mass is 16.2. The lowest BCUT2D eigenvalue weighted by atomic mass is 10.0. The van der Waals surface area contributed by atoms with Gasteiger partial charge >= 0.3 is 0 Å². The van der Waals surface area contributed by atoms with Crippen molar-refractivity contribution >= 4 is 11.8 Å². The van der Waals surface area contributed by atoms with Crippen LogP contribution in [0.4, 0.5) is 0 Å². The molecule has 1 aliphatic heterocycles. The molecule has 2 amide bonds.